The Labute approximate surface area is 285 Å². The molecule has 1 amide bonds. The molecule has 3 aromatic carbocycles. The molecule has 7 rings (SSSR count). The molecule has 3 bridgehead atoms. The number of oxazole rings is 1. The van der Waals surface area contributed by atoms with Crippen molar-refractivity contribution in [3.63, 3.8) is 0 Å². The highest BCUT2D eigenvalue weighted by Gasteiger charge is 2.53. The zero-order valence-corrected chi connectivity index (χ0v) is 27.8. The van der Waals surface area contributed by atoms with E-state index >= 15 is 0 Å². The lowest BCUT2D eigenvalue weighted by molar-refractivity contribution is -0.202. The van der Waals surface area contributed by atoms with Crippen LogP contribution < -0.4 is 16.1 Å². The van der Waals surface area contributed by atoms with Gasteiger partial charge in [-0.25, -0.2) is 5.01 Å². The van der Waals surface area contributed by atoms with Crippen molar-refractivity contribution in [1.29, 1.82) is 0 Å². The van der Waals surface area contributed by atoms with Crippen molar-refractivity contribution in [2.75, 3.05) is 18.5 Å². The van der Waals surface area contributed by atoms with E-state index in [-0.39, 0.29) is 42.9 Å². The minimum absolute atomic E-state index is 0.0554. The van der Waals surface area contributed by atoms with E-state index in [1.54, 1.807) is 23.2 Å². The molecular weight excluding hydrogens is 626 g/mol. The van der Waals surface area contributed by atoms with E-state index in [1.165, 1.54) is 0 Å². The minimum atomic E-state index is -1.35. The van der Waals surface area contributed by atoms with E-state index in [0.717, 1.165) is 24.0 Å². The molecule has 2 aliphatic heterocycles. The molecule has 4 aromatic rings. The second-order valence-corrected chi connectivity index (χ2v) is 13.7. The van der Waals surface area contributed by atoms with Crippen LogP contribution in [0.5, 0.6) is 0 Å². The molecule has 12 heteroatoms. The van der Waals surface area contributed by atoms with Gasteiger partial charge in [0.15, 0.2) is 11.9 Å². The van der Waals surface area contributed by atoms with Gasteiger partial charge in [0, 0.05) is 42.6 Å². The Balaban J connectivity index is 1.07. The number of aliphatic hydroxyl groups excluding tert-OH is 2. The third-order valence-electron chi connectivity index (χ3n) is 9.49. The molecule has 3 heterocycles. The maximum absolute atomic E-state index is 13.6. The molecule has 1 aliphatic carbocycles. The average Bonchev–Trinajstić information content (AvgIpc) is 3.62. The number of ether oxygens (including phenoxy) is 3. The summed E-state index contributed by atoms with van der Waals surface area (Å²) in [7, 11) is 0. The average molecular weight is 672 g/mol. The monoisotopic (exact) mass is 671 g/mol. The fraction of sp³-hybridized carbons (Fsp3) is 0.459. The SMILES string of the molecule is CC(C)Nc1nc2ccc(C(=O)NN(Cc3ccccc3)C[C@H](O)[C@H](Cc3ccccc3)NC(O)OC3C4COC5OC3CC5C4)cc2o1. The molecule has 2 saturated heterocycles. The summed E-state index contributed by atoms with van der Waals surface area (Å²) in [6.07, 6.45) is -0.800. The molecule has 3 fully saturated rings. The normalized spacial score (nSPS) is 24.7. The van der Waals surface area contributed by atoms with Crippen molar-refractivity contribution >= 4 is 23.0 Å². The minimum Gasteiger partial charge on any atom is -0.424 e. The van der Waals surface area contributed by atoms with Crippen LogP contribution in [0.15, 0.2) is 83.3 Å². The fourth-order valence-corrected chi connectivity index (χ4v) is 7.18. The van der Waals surface area contributed by atoms with E-state index < -0.39 is 18.6 Å². The summed E-state index contributed by atoms with van der Waals surface area (Å²) in [6.45, 7) is 4.91. The first-order valence-electron chi connectivity index (χ1n) is 17.1. The number of hydrogen-bond donors (Lipinski definition) is 5. The molecule has 0 radical (unpaired) electrons. The Morgan fingerprint density at radius 1 is 1.00 bits per heavy atom. The van der Waals surface area contributed by atoms with Gasteiger partial charge in [-0.1, -0.05) is 60.7 Å². The number of rotatable bonds is 15. The summed E-state index contributed by atoms with van der Waals surface area (Å²) in [5, 5.41) is 31.0. The first-order chi connectivity index (χ1) is 23.8. The lowest BCUT2D eigenvalue weighted by Gasteiger charge is -2.38. The zero-order valence-electron chi connectivity index (χ0n) is 27.8. The maximum Gasteiger partial charge on any atom is 0.295 e. The van der Waals surface area contributed by atoms with Crippen LogP contribution in [0.25, 0.3) is 11.1 Å². The second kappa shape index (κ2) is 14.9. The number of amides is 1. The Kier molecular flexibility index (Phi) is 10.2. The third kappa shape index (κ3) is 8.13. The molecule has 0 spiro atoms. The molecule has 1 saturated carbocycles. The van der Waals surface area contributed by atoms with Crippen molar-refractivity contribution in [3.8, 4) is 0 Å². The van der Waals surface area contributed by atoms with Crippen LogP contribution >= 0.6 is 0 Å². The van der Waals surface area contributed by atoms with Crippen molar-refractivity contribution in [1.82, 2.24) is 20.7 Å². The van der Waals surface area contributed by atoms with Gasteiger partial charge in [0.05, 0.1) is 24.9 Å². The van der Waals surface area contributed by atoms with Crippen LogP contribution in [-0.2, 0) is 27.2 Å². The Bertz CT molecular complexity index is 1680. The molecule has 260 valence electrons. The molecule has 49 heavy (non-hydrogen) atoms. The Morgan fingerprint density at radius 3 is 2.51 bits per heavy atom. The summed E-state index contributed by atoms with van der Waals surface area (Å²) in [5.41, 5.74) is 6.43. The van der Waals surface area contributed by atoms with Gasteiger partial charge in [-0.05, 0) is 62.4 Å². The van der Waals surface area contributed by atoms with Crippen LogP contribution in [-0.4, -0.2) is 82.4 Å². The van der Waals surface area contributed by atoms with E-state index in [2.05, 4.69) is 21.0 Å². The van der Waals surface area contributed by atoms with Crippen LogP contribution in [0.2, 0.25) is 0 Å². The highest BCUT2D eigenvalue weighted by molar-refractivity contribution is 5.96. The summed E-state index contributed by atoms with van der Waals surface area (Å²) in [4.78, 5) is 18.1. The number of carbonyl (C=O) groups excluding carboxylic acids is 1. The molecule has 1 aromatic heterocycles. The van der Waals surface area contributed by atoms with Gasteiger partial charge >= 0.3 is 0 Å². The molecule has 8 atom stereocenters. The zero-order chi connectivity index (χ0) is 33.9. The number of hydrogen-bond acceptors (Lipinski definition) is 11. The quantitative estimate of drug-likeness (QED) is 0.0928. The summed E-state index contributed by atoms with van der Waals surface area (Å²) in [5.74, 6) is 0.159. The molecule has 12 nitrogen and oxygen atoms in total. The number of hydrazine groups is 1. The van der Waals surface area contributed by atoms with Crippen molar-refractivity contribution in [2.24, 2.45) is 11.8 Å². The summed E-state index contributed by atoms with van der Waals surface area (Å²) >= 11 is 0. The predicted octanol–water partition coefficient (Wildman–Crippen LogP) is 3.80. The number of aliphatic hydroxyl groups is 2. The molecule has 3 aliphatic rings. The van der Waals surface area contributed by atoms with Crippen molar-refractivity contribution in [3.05, 3.63) is 95.6 Å². The highest BCUT2D eigenvalue weighted by Crippen LogP contribution is 2.46. The van der Waals surface area contributed by atoms with Crippen molar-refractivity contribution < 1.29 is 33.6 Å². The van der Waals surface area contributed by atoms with E-state index in [9.17, 15) is 15.0 Å². The lowest BCUT2D eigenvalue weighted by atomic mass is 9.78. The maximum atomic E-state index is 13.6. The van der Waals surface area contributed by atoms with E-state index in [1.807, 2.05) is 74.5 Å². The number of aromatic nitrogens is 1. The van der Waals surface area contributed by atoms with Gasteiger partial charge in [-0.15, -0.1) is 0 Å². The smallest absolute Gasteiger partial charge is 0.295 e. The number of anilines is 1. The molecule has 6 unspecified atom stereocenters. The van der Waals surface area contributed by atoms with Gasteiger partial charge in [-0.2, -0.15) is 4.98 Å². The topological polar surface area (TPSA) is 151 Å². The first-order valence-corrected chi connectivity index (χ1v) is 17.1. The van der Waals surface area contributed by atoms with Crippen LogP contribution in [0.3, 0.4) is 0 Å². The van der Waals surface area contributed by atoms with Crippen LogP contribution in [0, 0.1) is 11.8 Å². The lowest BCUT2D eigenvalue weighted by Crippen LogP contribution is -2.55. The highest BCUT2D eigenvalue weighted by atomic mass is 16.7. The first kappa shape index (κ1) is 33.6. The fourth-order valence-electron chi connectivity index (χ4n) is 7.18. The van der Waals surface area contributed by atoms with Gasteiger partial charge in [-0.3, -0.25) is 15.5 Å². The summed E-state index contributed by atoms with van der Waals surface area (Å²) < 4.78 is 23.9. The van der Waals surface area contributed by atoms with Gasteiger partial charge in [0.1, 0.15) is 5.52 Å². The van der Waals surface area contributed by atoms with Gasteiger partial charge in [0.25, 0.3) is 11.9 Å². The summed E-state index contributed by atoms with van der Waals surface area (Å²) in [6, 6.07) is 24.5. The predicted molar refractivity (Wildman–Crippen MR) is 182 cm³/mol. The van der Waals surface area contributed by atoms with E-state index in [4.69, 9.17) is 18.6 Å². The second-order valence-electron chi connectivity index (χ2n) is 13.7. The standard InChI is InChI=1S/C37H45N5O7/c1-22(2)38-36-39-28-14-13-25(17-31(28)48-36)34(44)41-42(19-24-11-7-4-8-12-24)20-30(43)29(15-23-9-5-3-6-10-23)40-37(45)49-33-27-16-26-18-32(33)47-35(26)46-21-27/h3-14,17,22,26-27,29-30,32-33,35,37,40,43,45H,15-16,18-21H2,1-2H3,(H,38,39)(H,41,44)/t26?,27?,29-,30-,32?,33?,35?,37?/m0/s1. The van der Waals surface area contributed by atoms with Crippen LogP contribution in [0.1, 0.15) is 48.2 Å². The number of benzene rings is 3. The molecule has 5 N–H and O–H groups in total. The van der Waals surface area contributed by atoms with E-state index in [0.29, 0.717) is 48.2 Å². The Hall–Kier alpha value is -3.88. The van der Waals surface area contributed by atoms with Gasteiger partial charge in [0.2, 0.25) is 6.41 Å². The number of carbonyl (C=O) groups is 1. The number of nitrogens with one attached hydrogen (secondary N) is 3. The van der Waals surface area contributed by atoms with Crippen LogP contribution in [0.4, 0.5) is 6.01 Å². The number of nitrogens with zero attached hydrogens (tertiary/aromatic N) is 2. The van der Waals surface area contributed by atoms with Gasteiger partial charge < -0.3 is 34.2 Å². The van der Waals surface area contributed by atoms with Crippen molar-refractivity contribution in [2.45, 2.75) is 82.8 Å². The molecular formula is C37H45N5O7. The third-order valence-corrected chi connectivity index (χ3v) is 9.49. The number of fused-ring (bicyclic) bond motifs is 3. The largest absolute Gasteiger partial charge is 0.424 e. The Morgan fingerprint density at radius 2 is 1.76 bits per heavy atom.